The summed E-state index contributed by atoms with van der Waals surface area (Å²) in [4.78, 5) is 23.5. The Hall–Kier alpha value is -2.81. The smallest absolute Gasteiger partial charge is 0.339 e. The Bertz CT molecular complexity index is 908. The van der Waals surface area contributed by atoms with Crippen LogP contribution in [0, 0.1) is 11.6 Å². The number of esters is 1. The second-order valence-electron chi connectivity index (χ2n) is 5.05. The maximum absolute atomic E-state index is 13.0. The Morgan fingerprint density at radius 2 is 1.68 bits per heavy atom. The van der Waals surface area contributed by atoms with Gasteiger partial charge in [0.15, 0.2) is 16.4 Å². The van der Waals surface area contributed by atoms with Crippen LogP contribution in [0.4, 0.5) is 14.5 Å². The van der Waals surface area contributed by atoms with E-state index in [-0.39, 0.29) is 16.1 Å². The summed E-state index contributed by atoms with van der Waals surface area (Å²) in [6.45, 7) is -0.755. The second-order valence-corrected chi connectivity index (χ2v) is 7.03. The molecule has 0 bridgehead atoms. The first-order valence-corrected chi connectivity index (χ1v) is 8.78. The van der Waals surface area contributed by atoms with Gasteiger partial charge in [-0.1, -0.05) is 12.1 Å². The standard InChI is InChI=1S/C16H13F2NO5S/c1-25(22,23)14-5-3-2-4-13(14)16(21)24-9-15(20)19-12-7-10(17)6-11(18)8-12/h2-8H,9H2,1H3,(H,19,20). The Morgan fingerprint density at radius 3 is 2.28 bits per heavy atom. The van der Waals surface area contributed by atoms with E-state index in [4.69, 9.17) is 4.74 Å². The highest BCUT2D eigenvalue weighted by Gasteiger charge is 2.20. The van der Waals surface area contributed by atoms with Gasteiger partial charge in [0.25, 0.3) is 5.91 Å². The lowest BCUT2D eigenvalue weighted by Gasteiger charge is -2.09. The van der Waals surface area contributed by atoms with Gasteiger partial charge < -0.3 is 10.1 Å². The number of anilines is 1. The van der Waals surface area contributed by atoms with E-state index in [1.807, 2.05) is 0 Å². The fourth-order valence-corrected chi connectivity index (χ4v) is 2.87. The van der Waals surface area contributed by atoms with Gasteiger partial charge in [-0.25, -0.2) is 22.0 Å². The summed E-state index contributed by atoms with van der Waals surface area (Å²) in [6.07, 6.45) is 0.935. The Labute approximate surface area is 142 Å². The number of amides is 1. The van der Waals surface area contributed by atoms with Crippen LogP contribution in [0.2, 0.25) is 0 Å². The third kappa shape index (κ3) is 5.08. The summed E-state index contributed by atoms with van der Waals surface area (Å²) in [7, 11) is -3.66. The normalized spacial score (nSPS) is 11.0. The molecule has 132 valence electrons. The Kier molecular flexibility index (Phi) is 5.48. The Balaban J connectivity index is 2.04. The molecule has 0 atom stereocenters. The van der Waals surface area contributed by atoms with Crippen LogP contribution in [0.1, 0.15) is 10.4 Å². The molecule has 0 unspecified atom stereocenters. The van der Waals surface area contributed by atoms with Crippen LogP contribution in [0.3, 0.4) is 0 Å². The van der Waals surface area contributed by atoms with E-state index in [0.29, 0.717) is 6.07 Å². The number of ether oxygens (including phenoxy) is 1. The molecular formula is C16H13F2NO5S. The molecule has 0 saturated carbocycles. The zero-order valence-electron chi connectivity index (χ0n) is 13.0. The third-order valence-corrected chi connectivity index (χ3v) is 4.14. The molecule has 2 aromatic carbocycles. The van der Waals surface area contributed by atoms with E-state index in [1.54, 1.807) is 0 Å². The summed E-state index contributed by atoms with van der Waals surface area (Å²) in [5.74, 6) is -3.61. The third-order valence-electron chi connectivity index (χ3n) is 2.99. The van der Waals surface area contributed by atoms with Crippen LogP contribution >= 0.6 is 0 Å². The highest BCUT2D eigenvalue weighted by molar-refractivity contribution is 7.90. The van der Waals surface area contributed by atoms with Crippen LogP contribution in [-0.2, 0) is 19.4 Å². The van der Waals surface area contributed by atoms with Crippen molar-refractivity contribution in [3.8, 4) is 0 Å². The van der Waals surface area contributed by atoms with Gasteiger partial charge in [0, 0.05) is 18.0 Å². The van der Waals surface area contributed by atoms with Gasteiger partial charge in [-0.2, -0.15) is 0 Å². The fourth-order valence-electron chi connectivity index (χ4n) is 1.99. The molecule has 9 heteroatoms. The Morgan fingerprint density at radius 1 is 1.08 bits per heavy atom. The highest BCUT2D eigenvalue weighted by Crippen LogP contribution is 2.16. The predicted octanol–water partition coefficient (Wildman–Crippen LogP) is 2.16. The summed E-state index contributed by atoms with van der Waals surface area (Å²) in [5, 5.41) is 2.16. The van der Waals surface area contributed by atoms with Gasteiger partial charge in [0.1, 0.15) is 11.6 Å². The molecule has 0 aliphatic carbocycles. The molecule has 0 heterocycles. The van der Waals surface area contributed by atoms with Crippen molar-refractivity contribution < 1.29 is 31.5 Å². The molecule has 2 rings (SSSR count). The minimum Gasteiger partial charge on any atom is -0.452 e. The molecule has 6 nitrogen and oxygen atoms in total. The lowest BCUT2D eigenvalue weighted by Crippen LogP contribution is -2.22. The number of carbonyl (C=O) groups is 2. The van der Waals surface area contributed by atoms with Crippen molar-refractivity contribution in [1.29, 1.82) is 0 Å². The summed E-state index contributed by atoms with van der Waals surface area (Å²) < 4.78 is 54.1. The second kappa shape index (κ2) is 7.39. The van der Waals surface area contributed by atoms with Gasteiger partial charge in [0.2, 0.25) is 0 Å². The molecule has 0 aliphatic heterocycles. The lowest BCUT2D eigenvalue weighted by molar-refractivity contribution is -0.119. The van der Waals surface area contributed by atoms with Crippen molar-refractivity contribution >= 4 is 27.4 Å². The average Bonchev–Trinajstić information content (AvgIpc) is 2.50. The fraction of sp³-hybridized carbons (Fsp3) is 0.125. The van der Waals surface area contributed by atoms with Crippen LogP contribution in [0.5, 0.6) is 0 Å². The highest BCUT2D eigenvalue weighted by atomic mass is 32.2. The van der Waals surface area contributed by atoms with Crippen molar-refractivity contribution in [3.63, 3.8) is 0 Å². The number of benzene rings is 2. The quantitative estimate of drug-likeness (QED) is 0.816. The zero-order chi connectivity index (χ0) is 18.6. The van der Waals surface area contributed by atoms with E-state index in [9.17, 15) is 26.8 Å². The van der Waals surface area contributed by atoms with Gasteiger partial charge in [0.05, 0.1) is 10.5 Å². The first-order valence-electron chi connectivity index (χ1n) is 6.89. The molecule has 1 N–H and O–H groups in total. The molecule has 0 saturated heterocycles. The van der Waals surface area contributed by atoms with Crippen molar-refractivity contribution in [2.75, 3.05) is 18.2 Å². The van der Waals surface area contributed by atoms with E-state index in [2.05, 4.69) is 5.32 Å². The topological polar surface area (TPSA) is 89.5 Å². The number of halogens is 2. The van der Waals surface area contributed by atoms with Crippen LogP contribution in [0.15, 0.2) is 47.4 Å². The van der Waals surface area contributed by atoms with Crippen LogP contribution in [-0.4, -0.2) is 33.2 Å². The van der Waals surface area contributed by atoms with Gasteiger partial charge in [-0.15, -0.1) is 0 Å². The molecule has 0 aliphatic rings. The number of hydrogen-bond donors (Lipinski definition) is 1. The largest absolute Gasteiger partial charge is 0.452 e. The number of hydrogen-bond acceptors (Lipinski definition) is 5. The van der Waals surface area contributed by atoms with Gasteiger partial charge >= 0.3 is 5.97 Å². The zero-order valence-corrected chi connectivity index (χ0v) is 13.8. The summed E-state index contributed by atoms with van der Waals surface area (Å²) >= 11 is 0. The van der Waals surface area contributed by atoms with Crippen molar-refractivity contribution in [1.82, 2.24) is 0 Å². The van der Waals surface area contributed by atoms with E-state index >= 15 is 0 Å². The minimum absolute atomic E-state index is 0.143. The van der Waals surface area contributed by atoms with Crippen molar-refractivity contribution in [3.05, 3.63) is 59.7 Å². The van der Waals surface area contributed by atoms with E-state index < -0.39 is 40.0 Å². The van der Waals surface area contributed by atoms with Gasteiger partial charge in [-0.05, 0) is 24.3 Å². The van der Waals surface area contributed by atoms with Crippen LogP contribution < -0.4 is 5.32 Å². The number of nitrogens with one attached hydrogen (secondary N) is 1. The van der Waals surface area contributed by atoms with Crippen LogP contribution in [0.25, 0.3) is 0 Å². The molecule has 25 heavy (non-hydrogen) atoms. The molecule has 0 fully saturated rings. The summed E-state index contributed by atoms with van der Waals surface area (Å²) in [6, 6.07) is 7.79. The maximum Gasteiger partial charge on any atom is 0.339 e. The molecule has 0 aromatic heterocycles. The van der Waals surface area contributed by atoms with E-state index in [1.165, 1.54) is 24.3 Å². The first-order chi connectivity index (χ1) is 11.7. The molecule has 1 amide bonds. The summed E-state index contributed by atoms with van der Waals surface area (Å²) in [5.41, 5.74) is -0.357. The molecule has 2 aromatic rings. The molecule has 0 spiro atoms. The van der Waals surface area contributed by atoms with Crippen molar-refractivity contribution in [2.45, 2.75) is 4.90 Å². The lowest BCUT2D eigenvalue weighted by atomic mass is 10.2. The first kappa shape index (κ1) is 18.5. The number of rotatable bonds is 5. The van der Waals surface area contributed by atoms with Gasteiger partial charge in [-0.3, -0.25) is 4.79 Å². The molecular weight excluding hydrogens is 356 g/mol. The van der Waals surface area contributed by atoms with Crippen molar-refractivity contribution in [2.24, 2.45) is 0 Å². The minimum atomic E-state index is -3.66. The number of carbonyl (C=O) groups excluding carboxylic acids is 2. The predicted molar refractivity (Wildman–Crippen MR) is 84.8 cm³/mol. The molecule has 0 radical (unpaired) electrons. The SMILES string of the molecule is CS(=O)(=O)c1ccccc1C(=O)OCC(=O)Nc1cc(F)cc(F)c1. The van der Waals surface area contributed by atoms with E-state index in [0.717, 1.165) is 18.4 Å². The maximum atomic E-state index is 13.0. The number of sulfone groups is 1. The monoisotopic (exact) mass is 369 g/mol. The average molecular weight is 369 g/mol.